The van der Waals surface area contributed by atoms with Gasteiger partial charge in [0.15, 0.2) is 15.0 Å². The number of carbonyl (C=O) groups is 1. The average Bonchev–Trinajstić information content (AvgIpc) is 3.36. The van der Waals surface area contributed by atoms with Gasteiger partial charge in [-0.05, 0) is 62.6 Å². The van der Waals surface area contributed by atoms with Gasteiger partial charge in [0.1, 0.15) is 11.6 Å². The van der Waals surface area contributed by atoms with Crippen molar-refractivity contribution in [2.75, 3.05) is 0 Å². The summed E-state index contributed by atoms with van der Waals surface area (Å²) in [6.07, 6.45) is 5.52. The Labute approximate surface area is 197 Å². The molecule has 0 saturated heterocycles. The summed E-state index contributed by atoms with van der Waals surface area (Å²) in [5.74, 6) is -0.616. The maximum atomic E-state index is 13.3. The summed E-state index contributed by atoms with van der Waals surface area (Å²) in [6, 6.07) is 8.54. The lowest BCUT2D eigenvalue weighted by Gasteiger charge is -2.30. The number of carbonyl (C=O) groups excluding carboxylic acids is 1. The molecule has 174 valence electrons. The number of benzene rings is 1. The van der Waals surface area contributed by atoms with Gasteiger partial charge in [0.2, 0.25) is 0 Å². The molecule has 33 heavy (non-hydrogen) atoms. The van der Waals surface area contributed by atoms with Gasteiger partial charge in [-0.3, -0.25) is 9.78 Å². The SMILES string of the molecule is Cc1ccc(-n2cc(CCC(=O)C3(C)CCCC3S(=O)(=O)c3ccc(F)cc3)c(Cl)n2)cn1. The van der Waals surface area contributed by atoms with Gasteiger partial charge >= 0.3 is 0 Å². The number of hydrogen-bond acceptors (Lipinski definition) is 5. The molecular formula is C24H25ClFN3O3S. The summed E-state index contributed by atoms with van der Waals surface area (Å²) >= 11 is 6.31. The molecule has 9 heteroatoms. The predicted molar refractivity (Wildman–Crippen MR) is 124 cm³/mol. The molecular weight excluding hydrogens is 465 g/mol. The summed E-state index contributed by atoms with van der Waals surface area (Å²) in [7, 11) is -3.77. The normalized spacial score (nSPS) is 20.8. The van der Waals surface area contributed by atoms with Crippen LogP contribution >= 0.6 is 11.6 Å². The zero-order valence-electron chi connectivity index (χ0n) is 18.5. The van der Waals surface area contributed by atoms with Crippen molar-refractivity contribution in [3.05, 3.63) is 71.0 Å². The highest BCUT2D eigenvalue weighted by Gasteiger charge is 2.50. The molecule has 1 saturated carbocycles. The molecule has 1 aromatic carbocycles. The Morgan fingerprint density at radius 3 is 2.64 bits per heavy atom. The van der Waals surface area contributed by atoms with Gasteiger partial charge in [-0.2, -0.15) is 5.10 Å². The fourth-order valence-corrected chi connectivity index (χ4v) is 7.04. The molecule has 0 spiro atoms. The molecule has 0 bridgehead atoms. The van der Waals surface area contributed by atoms with Crippen LogP contribution in [-0.4, -0.2) is 34.2 Å². The highest BCUT2D eigenvalue weighted by molar-refractivity contribution is 7.92. The molecule has 0 N–H and O–H groups in total. The Morgan fingerprint density at radius 1 is 1.24 bits per heavy atom. The van der Waals surface area contributed by atoms with Crippen LogP contribution in [0.1, 0.15) is 43.9 Å². The summed E-state index contributed by atoms with van der Waals surface area (Å²) < 4.78 is 41.4. The van der Waals surface area contributed by atoms with Crippen LogP contribution in [0.5, 0.6) is 0 Å². The Balaban J connectivity index is 1.51. The molecule has 2 atom stereocenters. The number of rotatable bonds is 7. The number of sulfone groups is 1. The Bertz CT molecular complexity index is 1270. The van der Waals surface area contributed by atoms with Crippen LogP contribution in [-0.2, 0) is 21.1 Å². The van der Waals surface area contributed by atoms with E-state index in [2.05, 4.69) is 10.1 Å². The first-order valence-corrected chi connectivity index (χ1v) is 12.7. The smallest absolute Gasteiger partial charge is 0.182 e. The number of ketones is 1. The third kappa shape index (κ3) is 4.59. The van der Waals surface area contributed by atoms with Gasteiger partial charge in [0.25, 0.3) is 0 Å². The average molecular weight is 490 g/mol. The number of pyridine rings is 1. The zero-order chi connectivity index (χ0) is 23.8. The van der Waals surface area contributed by atoms with E-state index < -0.39 is 26.3 Å². The van der Waals surface area contributed by atoms with Crippen molar-refractivity contribution in [2.45, 2.75) is 56.1 Å². The van der Waals surface area contributed by atoms with Crippen molar-refractivity contribution < 1.29 is 17.6 Å². The molecule has 6 nitrogen and oxygen atoms in total. The van der Waals surface area contributed by atoms with E-state index >= 15 is 0 Å². The van der Waals surface area contributed by atoms with Crippen LogP contribution in [0, 0.1) is 18.2 Å². The van der Waals surface area contributed by atoms with E-state index in [9.17, 15) is 17.6 Å². The summed E-state index contributed by atoms with van der Waals surface area (Å²) in [5.41, 5.74) is 1.35. The number of aromatic nitrogens is 3. The van der Waals surface area contributed by atoms with Gasteiger partial charge in [0.05, 0.1) is 22.0 Å². The van der Waals surface area contributed by atoms with Crippen LogP contribution in [0.15, 0.2) is 53.7 Å². The molecule has 2 unspecified atom stereocenters. The molecule has 0 aliphatic heterocycles. The van der Waals surface area contributed by atoms with E-state index in [0.29, 0.717) is 36.4 Å². The van der Waals surface area contributed by atoms with Crippen molar-refractivity contribution in [1.82, 2.24) is 14.8 Å². The molecule has 1 fully saturated rings. The third-order valence-corrected chi connectivity index (χ3v) is 9.30. The monoisotopic (exact) mass is 489 g/mol. The van der Waals surface area contributed by atoms with Crippen LogP contribution in [0.25, 0.3) is 5.69 Å². The molecule has 1 aliphatic rings. The van der Waals surface area contributed by atoms with Gasteiger partial charge < -0.3 is 0 Å². The maximum absolute atomic E-state index is 13.3. The number of aryl methyl sites for hydroxylation is 2. The minimum absolute atomic E-state index is 0.0471. The van der Waals surface area contributed by atoms with Crippen molar-refractivity contribution >= 4 is 27.2 Å². The Kier molecular flexibility index (Phi) is 6.42. The third-order valence-electron chi connectivity index (χ3n) is 6.55. The lowest BCUT2D eigenvalue weighted by molar-refractivity contribution is -0.127. The Morgan fingerprint density at radius 2 is 1.97 bits per heavy atom. The van der Waals surface area contributed by atoms with E-state index in [1.165, 1.54) is 12.1 Å². The second-order valence-electron chi connectivity index (χ2n) is 8.77. The molecule has 1 aliphatic carbocycles. The molecule has 2 heterocycles. The first kappa shape index (κ1) is 23.6. The molecule has 4 rings (SSSR count). The van der Waals surface area contributed by atoms with Crippen molar-refractivity contribution in [1.29, 1.82) is 0 Å². The molecule has 2 aromatic heterocycles. The molecule has 3 aromatic rings. The minimum atomic E-state index is -3.77. The van der Waals surface area contributed by atoms with Crippen molar-refractivity contribution in [3.8, 4) is 5.69 Å². The second-order valence-corrected chi connectivity index (χ2v) is 11.3. The van der Waals surface area contributed by atoms with Gasteiger partial charge in [-0.25, -0.2) is 17.5 Å². The van der Waals surface area contributed by atoms with Crippen LogP contribution in [0.4, 0.5) is 4.39 Å². The highest BCUT2D eigenvalue weighted by Crippen LogP contribution is 2.45. The van der Waals surface area contributed by atoms with E-state index in [4.69, 9.17) is 11.6 Å². The van der Waals surface area contributed by atoms with Crippen LogP contribution in [0.3, 0.4) is 0 Å². The van der Waals surface area contributed by atoms with E-state index in [0.717, 1.165) is 23.5 Å². The number of halogens is 2. The lowest BCUT2D eigenvalue weighted by atomic mass is 9.81. The number of hydrogen-bond donors (Lipinski definition) is 0. The highest BCUT2D eigenvalue weighted by atomic mass is 35.5. The van der Waals surface area contributed by atoms with Gasteiger partial charge in [-0.1, -0.05) is 24.9 Å². The quantitative estimate of drug-likeness (QED) is 0.441. The second kappa shape index (κ2) is 8.99. The minimum Gasteiger partial charge on any atom is -0.299 e. The largest absolute Gasteiger partial charge is 0.299 e. The summed E-state index contributed by atoms with van der Waals surface area (Å²) in [6.45, 7) is 3.63. The molecule has 0 radical (unpaired) electrons. The first-order valence-electron chi connectivity index (χ1n) is 10.8. The lowest BCUT2D eigenvalue weighted by Crippen LogP contribution is -2.40. The fraction of sp³-hybridized carbons (Fsp3) is 0.375. The summed E-state index contributed by atoms with van der Waals surface area (Å²) in [4.78, 5) is 17.6. The van der Waals surface area contributed by atoms with Gasteiger partial charge in [-0.15, -0.1) is 0 Å². The molecule has 0 amide bonds. The predicted octanol–water partition coefficient (Wildman–Crippen LogP) is 4.90. The number of Topliss-reactive ketones (excluding diaryl/α,β-unsaturated/α-hetero) is 1. The van der Waals surface area contributed by atoms with Gasteiger partial charge in [0, 0.05) is 29.3 Å². The topological polar surface area (TPSA) is 81.9 Å². The van der Waals surface area contributed by atoms with E-state index in [1.54, 1.807) is 24.0 Å². The van der Waals surface area contributed by atoms with Crippen molar-refractivity contribution in [2.24, 2.45) is 5.41 Å². The number of nitrogens with zero attached hydrogens (tertiary/aromatic N) is 3. The standard InChI is InChI=1S/C24H25ClFN3O3S/c1-16-5-9-19(14-27-16)29-15-17(23(25)28-29)6-12-21(30)24(2)13-3-4-22(24)33(31,32)20-10-7-18(26)8-11-20/h5,7-11,14-15,22H,3-4,6,12-13H2,1-2H3. The van der Waals surface area contributed by atoms with E-state index in [1.807, 2.05) is 19.1 Å². The zero-order valence-corrected chi connectivity index (χ0v) is 20.0. The first-order chi connectivity index (χ1) is 15.6. The van der Waals surface area contributed by atoms with E-state index in [-0.39, 0.29) is 17.1 Å². The van der Waals surface area contributed by atoms with Crippen LogP contribution < -0.4 is 0 Å². The maximum Gasteiger partial charge on any atom is 0.182 e. The fourth-order valence-electron chi connectivity index (χ4n) is 4.56. The van der Waals surface area contributed by atoms with Crippen molar-refractivity contribution in [3.63, 3.8) is 0 Å². The Hall–Kier alpha value is -2.58. The summed E-state index contributed by atoms with van der Waals surface area (Å²) in [5, 5.41) is 3.78. The van der Waals surface area contributed by atoms with Crippen LogP contribution in [0.2, 0.25) is 5.15 Å².